The van der Waals surface area contributed by atoms with Crippen LogP contribution in [0.15, 0.2) is 0 Å². The molecule has 0 saturated heterocycles. The highest BCUT2D eigenvalue weighted by Gasteiger charge is 2.60. The average molecular weight is 361 g/mol. The van der Waals surface area contributed by atoms with Gasteiger partial charge in [-0.15, -0.1) is 0 Å². The molecule has 1 N–H and O–H groups in total. The van der Waals surface area contributed by atoms with Crippen LogP contribution in [0.5, 0.6) is 0 Å². The second-order valence-corrected chi connectivity index (χ2v) is 11.0. The lowest BCUT2D eigenvalue weighted by Gasteiger charge is -2.61. The number of carboxylic acid groups (broad SMARTS) is 1. The predicted octanol–water partition coefficient (Wildman–Crippen LogP) is 6.54. The molecule has 0 radical (unpaired) electrons. The molecule has 4 unspecified atom stereocenters. The van der Waals surface area contributed by atoms with Crippen LogP contribution in [-0.2, 0) is 4.79 Å². The van der Waals surface area contributed by atoms with Crippen molar-refractivity contribution in [2.75, 3.05) is 0 Å². The summed E-state index contributed by atoms with van der Waals surface area (Å²) in [5, 5.41) is 9.09. The lowest BCUT2D eigenvalue weighted by Crippen LogP contribution is -2.53. The fourth-order valence-corrected chi connectivity index (χ4v) is 8.82. The average Bonchev–Trinajstić information content (AvgIpc) is 2.96. The third kappa shape index (κ3) is 2.85. The highest BCUT2D eigenvalue weighted by Crippen LogP contribution is 2.68. The summed E-state index contributed by atoms with van der Waals surface area (Å²) >= 11 is 0. The Morgan fingerprint density at radius 3 is 2.50 bits per heavy atom. The molecule has 4 aliphatic carbocycles. The normalized spacial score (nSPS) is 49.0. The van der Waals surface area contributed by atoms with Crippen LogP contribution in [0.25, 0.3) is 0 Å². The standard InChI is InChI=1S/C24H40O2/c1-16(7-12-22(25)26)19-10-11-20-18-9-8-17-6-4-5-14-23(17,2)21(18)13-15-24(19,20)3/h16-21H,4-15H2,1-3H3,(H,25,26)/t16?,17-,18?,19+,20?,21?,23-,24+/m0/s1. The van der Waals surface area contributed by atoms with Crippen LogP contribution in [0.1, 0.15) is 97.8 Å². The van der Waals surface area contributed by atoms with E-state index in [9.17, 15) is 4.79 Å². The molecule has 2 heteroatoms. The molecule has 26 heavy (non-hydrogen) atoms. The molecule has 0 spiro atoms. The van der Waals surface area contributed by atoms with Gasteiger partial charge in [-0.2, -0.15) is 0 Å². The van der Waals surface area contributed by atoms with Crippen molar-refractivity contribution in [1.82, 2.24) is 0 Å². The third-order valence-electron chi connectivity index (χ3n) is 10.2. The molecule has 0 bridgehead atoms. The Hall–Kier alpha value is -0.530. The van der Waals surface area contributed by atoms with Crippen LogP contribution >= 0.6 is 0 Å². The number of aliphatic carboxylic acids is 1. The molecule has 0 aliphatic heterocycles. The number of fused-ring (bicyclic) bond motifs is 5. The first kappa shape index (κ1) is 18.8. The van der Waals surface area contributed by atoms with E-state index in [1.165, 1.54) is 64.2 Å². The highest BCUT2D eigenvalue weighted by molar-refractivity contribution is 5.66. The largest absolute Gasteiger partial charge is 0.481 e. The van der Waals surface area contributed by atoms with Gasteiger partial charge in [-0.3, -0.25) is 4.79 Å². The van der Waals surface area contributed by atoms with E-state index in [2.05, 4.69) is 20.8 Å². The lowest BCUT2D eigenvalue weighted by atomic mass is 9.44. The lowest BCUT2D eigenvalue weighted by molar-refractivity contribution is -0.137. The first-order valence-electron chi connectivity index (χ1n) is 11.6. The maximum atomic E-state index is 11.0. The van der Waals surface area contributed by atoms with Crippen molar-refractivity contribution in [3.8, 4) is 0 Å². The maximum absolute atomic E-state index is 11.0. The predicted molar refractivity (Wildman–Crippen MR) is 106 cm³/mol. The van der Waals surface area contributed by atoms with E-state index >= 15 is 0 Å². The number of carboxylic acids is 1. The Kier molecular flexibility index (Phi) is 4.93. The monoisotopic (exact) mass is 360 g/mol. The van der Waals surface area contributed by atoms with Crippen molar-refractivity contribution in [2.45, 2.75) is 97.8 Å². The molecule has 4 aliphatic rings. The fraction of sp³-hybridized carbons (Fsp3) is 0.958. The van der Waals surface area contributed by atoms with Gasteiger partial charge in [0.2, 0.25) is 0 Å². The van der Waals surface area contributed by atoms with Crippen LogP contribution in [0.2, 0.25) is 0 Å². The number of carbonyl (C=O) groups is 1. The van der Waals surface area contributed by atoms with Crippen molar-refractivity contribution < 1.29 is 9.90 Å². The number of rotatable bonds is 4. The van der Waals surface area contributed by atoms with Crippen LogP contribution in [0.3, 0.4) is 0 Å². The third-order valence-corrected chi connectivity index (χ3v) is 10.2. The zero-order valence-corrected chi connectivity index (χ0v) is 17.3. The van der Waals surface area contributed by atoms with Crippen molar-refractivity contribution in [2.24, 2.45) is 46.3 Å². The molecule has 2 nitrogen and oxygen atoms in total. The summed E-state index contributed by atoms with van der Waals surface area (Å²) in [6.07, 6.45) is 15.7. The summed E-state index contributed by atoms with van der Waals surface area (Å²) in [6, 6.07) is 0. The summed E-state index contributed by atoms with van der Waals surface area (Å²) in [5.74, 6) is 4.57. The van der Waals surface area contributed by atoms with Crippen LogP contribution in [0, 0.1) is 46.3 Å². The zero-order chi connectivity index (χ0) is 18.5. The summed E-state index contributed by atoms with van der Waals surface area (Å²) < 4.78 is 0. The molecule has 0 heterocycles. The van der Waals surface area contributed by atoms with Crippen molar-refractivity contribution in [3.05, 3.63) is 0 Å². The van der Waals surface area contributed by atoms with Crippen LogP contribution in [0.4, 0.5) is 0 Å². The molecule has 148 valence electrons. The summed E-state index contributed by atoms with van der Waals surface area (Å²) in [7, 11) is 0. The van der Waals surface area contributed by atoms with E-state index in [1.807, 2.05) is 0 Å². The first-order valence-corrected chi connectivity index (χ1v) is 11.6. The maximum Gasteiger partial charge on any atom is 0.303 e. The summed E-state index contributed by atoms with van der Waals surface area (Å²) in [5.41, 5.74) is 1.12. The Labute approximate surface area is 160 Å². The fourth-order valence-electron chi connectivity index (χ4n) is 8.82. The van der Waals surface area contributed by atoms with Gasteiger partial charge < -0.3 is 5.11 Å². The highest BCUT2D eigenvalue weighted by atomic mass is 16.4. The molecule has 4 saturated carbocycles. The van der Waals surface area contributed by atoms with Gasteiger partial charge in [0.05, 0.1) is 0 Å². The van der Waals surface area contributed by atoms with Gasteiger partial charge >= 0.3 is 5.97 Å². The number of hydrogen-bond donors (Lipinski definition) is 1. The molecular weight excluding hydrogens is 320 g/mol. The molecule has 0 amide bonds. The Morgan fingerprint density at radius 2 is 1.73 bits per heavy atom. The minimum atomic E-state index is -0.621. The van der Waals surface area contributed by atoms with E-state index in [0.717, 1.165) is 36.0 Å². The Balaban J connectivity index is 1.52. The molecule has 0 aromatic heterocycles. The second-order valence-electron chi connectivity index (χ2n) is 11.0. The quantitative estimate of drug-likeness (QED) is 0.618. The van der Waals surface area contributed by atoms with E-state index in [-0.39, 0.29) is 0 Å². The zero-order valence-electron chi connectivity index (χ0n) is 17.3. The van der Waals surface area contributed by atoms with Crippen molar-refractivity contribution >= 4 is 5.97 Å². The molecule has 4 fully saturated rings. The van der Waals surface area contributed by atoms with Crippen LogP contribution < -0.4 is 0 Å². The molecule has 0 aromatic carbocycles. The van der Waals surface area contributed by atoms with Gasteiger partial charge in [0.15, 0.2) is 0 Å². The first-order chi connectivity index (χ1) is 12.4. The molecule has 8 atom stereocenters. The SMILES string of the molecule is CC(CCC(=O)O)[C@H]1CCC2C3CC[C@@H]4CCCC[C@]4(C)C3CC[C@@]21C. The molecule has 0 aromatic rings. The molecular formula is C24H40O2. The van der Waals surface area contributed by atoms with Gasteiger partial charge in [-0.25, -0.2) is 0 Å². The van der Waals surface area contributed by atoms with E-state index in [4.69, 9.17) is 5.11 Å². The molecule has 4 rings (SSSR count). The minimum Gasteiger partial charge on any atom is -0.481 e. The number of hydrogen-bond acceptors (Lipinski definition) is 1. The van der Waals surface area contributed by atoms with Gasteiger partial charge in [0.25, 0.3) is 0 Å². The van der Waals surface area contributed by atoms with E-state index in [1.54, 1.807) is 0 Å². The van der Waals surface area contributed by atoms with Crippen molar-refractivity contribution in [3.63, 3.8) is 0 Å². The summed E-state index contributed by atoms with van der Waals surface area (Å²) in [4.78, 5) is 11.0. The topological polar surface area (TPSA) is 37.3 Å². The van der Waals surface area contributed by atoms with Gasteiger partial charge in [0.1, 0.15) is 0 Å². The van der Waals surface area contributed by atoms with Crippen molar-refractivity contribution in [1.29, 1.82) is 0 Å². The van der Waals surface area contributed by atoms with Gasteiger partial charge in [-0.1, -0.05) is 33.6 Å². The second kappa shape index (κ2) is 6.82. The van der Waals surface area contributed by atoms with Crippen LogP contribution in [-0.4, -0.2) is 11.1 Å². The van der Waals surface area contributed by atoms with E-state index in [0.29, 0.717) is 23.2 Å². The Morgan fingerprint density at radius 1 is 0.962 bits per heavy atom. The van der Waals surface area contributed by atoms with Gasteiger partial charge in [-0.05, 0) is 104 Å². The summed E-state index contributed by atoms with van der Waals surface area (Å²) in [6.45, 7) is 7.60. The Bertz CT molecular complexity index is 542. The van der Waals surface area contributed by atoms with E-state index < -0.39 is 5.97 Å². The van der Waals surface area contributed by atoms with Gasteiger partial charge in [0, 0.05) is 6.42 Å². The minimum absolute atomic E-state index is 0.351. The smallest absolute Gasteiger partial charge is 0.303 e.